The van der Waals surface area contributed by atoms with Crippen LogP contribution in [0.2, 0.25) is 0 Å². The van der Waals surface area contributed by atoms with Crippen LogP contribution in [0.4, 0.5) is 5.13 Å². The van der Waals surface area contributed by atoms with Crippen molar-refractivity contribution in [2.24, 2.45) is 5.92 Å². The summed E-state index contributed by atoms with van der Waals surface area (Å²) in [6, 6.07) is -0.197. The molecule has 1 aliphatic rings. The fourth-order valence-corrected chi connectivity index (χ4v) is 6.00. The van der Waals surface area contributed by atoms with Crippen molar-refractivity contribution in [3.8, 4) is 0 Å². The first kappa shape index (κ1) is 19.5. The highest BCUT2D eigenvalue weighted by molar-refractivity contribution is 8.01. The molecule has 1 aromatic heterocycles. The third kappa shape index (κ3) is 5.59. The van der Waals surface area contributed by atoms with Crippen LogP contribution in [0.25, 0.3) is 0 Å². The van der Waals surface area contributed by atoms with Gasteiger partial charge in [-0.2, -0.15) is 0 Å². The molecule has 2 rings (SSSR count). The minimum atomic E-state index is -3.01. The van der Waals surface area contributed by atoms with Gasteiger partial charge in [-0.05, 0) is 19.3 Å². The van der Waals surface area contributed by atoms with Gasteiger partial charge in [-0.3, -0.25) is 4.79 Å². The van der Waals surface area contributed by atoms with E-state index in [9.17, 15) is 13.2 Å². The molecule has 1 aliphatic heterocycles. The average Bonchev–Trinajstić information content (AvgIpc) is 3.09. The molecule has 136 valence electrons. The number of amides is 1. The molecule has 0 radical (unpaired) electrons. The van der Waals surface area contributed by atoms with E-state index in [1.54, 1.807) is 4.90 Å². The second kappa shape index (κ2) is 8.48. The van der Waals surface area contributed by atoms with Crippen LogP contribution in [-0.2, 0) is 14.6 Å². The number of hydrogen-bond acceptors (Lipinski definition) is 8. The van der Waals surface area contributed by atoms with Crippen molar-refractivity contribution in [2.45, 2.75) is 37.6 Å². The lowest BCUT2D eigenvalue weighted by Gasteiger charge is -2.29. The fraction of sp³-hybridized carbons (Fsp3) is 0.786. The second-order valence-electron chi connectivity index (χ2n) is 6.19. The molecule has 1 atom stereocenters. The number of carbonyl (C=O) groups excluding carboxylic acids is 1. The first-order valence-corrected chi connectivity index (χ1v) is 11.6. The smallest absolute Gasteiger partial charge is 0.233 e. The van der Waals surface area contributed by atoms with Crippen molar-refractivity contribution in [1.82, 2.24) is 15.1 Å². The Morgan fingerprint density at radius 3 is 2.79 bits per heavy atom. The first-order valence-electron chi connectivity index (χ1n) is 8.00. The van der Waals surface area contributed by atoms with Crippen LogP contribution < -0.4 is 5.32 Å². The van der Waals surface area contributed by atoms with E-state index in [1.807, 2.05) is 20.8 Å². The third-order valence-corrected chi connectivity index (χ3v) is 7.33. The van der Waals surface area contributed by atoms with E-state index in [0.29, 0.717) is 18.9 Å². The van der Waals surface area contributed by atoms with Crippen molar-refractivity contribution in [2.75, 3.05) is 35.7 Å². The summed E-state index contributed by atoms with van der Waals surface area (Å²) in [5.41, 5.74) is 0. The van der Waals surface area contributed by atoms with Gasteiger partial charge in [0.2, 0.25) is 11.0 Å². The molecular formula is C14H24N4O3S3. The summed E-state index contributed by atoms with van der Waals surface area (Å²) in [6.45, 7) is 7.40. The normalized spacial score (nSPS) is 19.6. The number of carbonyl (C=O) groups is 1. The number of nitrogens with one attached hydrogen (secondary N) is 1. The van der Waals surface area contributed by atoms with E-state index in [4.69, 9.17) is 0 Å². The highest BCUT2D eigenvalue weighted by atomic mass is 32.2. The number of hydrogen-bond donors (Lipinski definition) is 1. The second-order valence-corrected chi connectivity index (χ2v) is 10.6. The predicted octanol–water partition coefficient (Wildman–Crippen LogP) is 1.73. The summed E-state index contributed by atoms with van der Waals surface area (Å²) < 4.78 is 24.2. The maximum Gasteiger partial charge on any atom is 0.233 e. The lowest BCUT2D eigenvalue weighted by molar-refractivity contribution is -0.130. The molecule has 0 spiro atoms. The zero-order valence-corrected chi connectivity index (χ0v) is 16.6. The summed E-state index contributed by atoms with van der Waals surface area (Å²) in [5, 5.41) is 11.9. The zero-order chi connectivity index (χ0) is 17.7. The minimum Gasteiger partial charge on any atom is -0.360 e. The molecule has 7 nitrogen and oxygen atoms in total. The zero-order valence-electron chi connectivity index (χ0n) is 14.2. The molecule has 0 saturated carbocycles. The number of rotatable bonds is 8. The molecule has 1 N–H and O–H groups in total. The molecule has 0 unspecified atom stereocenters. The fourth-order valence-electron chi connectivity index (χ4n) is 2.57. The number of sulfone groups is 1. The Hall–Kier alpha value is -0.870. The lowest BCUT2D eigenvalue weighted by Crippen LogP contribution is -2.44. The van der Waals surface area contributed by atoms with Gasteiger partial charge in [0.05, 0.1) is 17.3 Å². The van der Waals surface area contributed by atoms with Gasteiger partial charge in [-0.25, -0.2) is 8.42 Å². The van der Waals surface area contributed by atoms with Crippen LogP contribution in [-0.4, -0.2) is 65.8 Å². The van der Waals surface area contributed by atoms with Crippen molar-refractivity contribution < 1.29 is 13.2 Å². The summed E-state index contributed by atoms with van der Waals surface area (Å²) in [4.78, 5) is 14.4. The molecule has 0 aliphatic carbocycles. The summed E-state index contributed by atoms with van der Waals surface area (Å²) in [5.74, 6) is 0.777. The SMILES string of the molecule is CCNc1nnc(SCC(=O)N(CC(C)C)[C@H]2CCS(=O)(=O)C2)s1. The monoisotopic (exact) mass is 392 g/mol. The molecule has 1 aromatic rings. The van der Waals surface area contributed by atoms with Gasteiger partial charge < -0.3 is 10.2 Å². The van der Waals surface area contributed by atoms with Gasteiger partial charge in [0.25, 0.3) is 0 Å². The van der Waals surface area contributed by atoms with Crippen molar-refractivity contribution in [1.29, 1.82) is 0 Å². The van der Waals surface area contributed by atoms with Crippen LogP contribution in [0.15, 0.2) is 4.34 Å². The van der Waals surface area contributed by atoms with E-state index in [-0.39, 0.29) is 29.2 Å². The maximum atomic E-state index is 12.6. The Bertz CT molecular complexity index is 660. The van der Waals surface area contributed by atoms with Crippen molar-refractivity contribution in [3.05, 3.63) is 0 Å². The molecular weight excluding hydrogens is 368 g/mol. The summed E-state index contributed by atoms with van der Waals surface area (Å²) >= 11 is 2.77. The molecule has 2 heterocycles. The van der Waals surface area contributed by atoms with Gasteiger partial charge in [-0.15, -0.1) is 10.2 Å². The van der Waals surface area contributed by atoms with Crippen LogP contribution in [0.3, 0.4) is 0 Å². The van der Waals surface area contributed by atoms with E-state index in [1.165, 1.54) is 23.1 Å². The topological polar surface area (TPSA) is 92.3 Å². The lowest BCUT2D eigenvalue weighted by atomic mass is 10.1. The van der Waals surface area contributed by atoms with Gasteiger partial charge in [0.15, 0.2) is 14.2 Å². The molecule has 10 heteroatoms. The number of anilines is 1. The standard InChI is InChI=1S/C14H24N4O3S3/c1-4-15-13-16-17-14(23-13)22-8-12(19)18(7-10(2)3)11-5-6-24(20,21)9-11/h10-11H,4-9H2,1-3H3,(H,15,16)/t11-/m0/s1. The number of thioether (sulfide) groups is 1. The van der Waals surface area contributed by atoms with Crippen molar-refractivity contribution in [3.63, 3.8) is 0 Å². The van der Waals surface area contributed by atoms with Crippen LogP contribution in [0, 0.1) is 5.92 Å². The summed E-state index contributed by atoms with van der Waals surface area (Å²) in [7, 11) is -3.01. The quantitative estimate of drug-likeness (QED) is 0.674. The average molecular weight is 393 g/mol. The molecule has 1 saturated heterocycles. The highest BCUT2D eigenvalue weighted by Crippen LogP contribution is 2.27. The third-order valence-electron chi connectivity index (χ3n) is 3.58. The number of nitrogens with zero attached hydrogens (tertiary/aromatic N) is 3. The van der Waals surface area contributed by atoms with E-state index in [2.05, 4.69) is 15.5 Å². The van der Waals surface area contributed by atoms with Gasteiger partial charge >= 0.3 is 0 Å². The molecule has 24 heavy (non-hydrogen) atoms. The molecule has 0 bridgehead atoms. The van der Waals surface area contributed by atoms with Crippen LogP contribution in [0.5, 0.6) is 0 Å². The van der Waals surface area contributed by atoms with E-state index >= 15 is 0 Å². The maximum absolute atomic E-state index is 12.6. The highest BCUT2D eigenvalue weighted by Gasteiger charge is 2.34. The Kier molecular flexibility index (Phi) is 6.88. The minimum absolute atomic E-state index is 0.0315. The predicted molar refractivity (Wildman–Crippen MR) is 98.4 cm³/mol. The molecule has 1 amide bonds. The van der Waals surface area contributed by atoms with Crippen molar-refractivity contribution >= 4 is 44.0 Å². The Labute approximate surface area is 151 Å². The summed E-state index contributed by atoms with van der Waals surface area (Å²) in [6.07, 6.45) is 0.537. The largest absolute Gasteiger partial charge is 0.360 e. The van der Waals surface area contributed by atoms with Crippen LogP contribution >= 0.6 is 23.1 Å². The first-order chi connectivity index (χ1) is 11.3. The van der Waals surface area contributed by atoms with Gasteiger partial charge in [0.1, 0.15) is 0 Å². The van der Waals surface area contributed by atoms with E-state index < -0.39 is 9.84 Å². The van der Waals surface area contributed by atoms with E-state index in [0.717, 1.165) is 16.0 Å². The van der Waals surface area contributed by atoms with Gasteiger partial charge in [0, 0.05) is 19.1 Å². The van der Waals surface area contributed by atoms with Gasteiger partial charge in [-0.1, -0.05) is 36.9 Å². The Morgan fingerprint density at radius 1 is 1.46 bits per heavy atom. The number of aromatic nitrogens is 2. The molecule has 0 aromatic carbocycles. The molecule has 1 fully saturated rings. The Balaban J connectivity index is 1.96. The van der Waals surface area contributed by atoms with Crippen LogP contribution in [0.1, 0.15) is 27.2 Å². The Morgan fingerprint density at radius 2 is 2.21 bits per heavy atom.